The summed E-state index contributed by atoms with van der Waals surface area (Å²) in [6.07, 6.45) is 2.42. The van der Waals surface area contributed by atoms with Gasteiger partial charge in [0, 0.05) is 5.56 Å². The molecule has 0 unspecified atom stereocenters. The number of oxazole rings is 1. The second-order valence-electron chi connectivity index (χ2n) is 6.47. The Morgan fingerprint density at radius 1 is 1.07 bits per heavy atom. The zero-order chi connectivity index (χ0) is 21.3. The van der Waals surface area contributed by atoms with Crippen LogP contribution in [0.25, 0.3) is 11.5 Å². The van der Waals surface area contributed by atoms with Gasteiger partial charge in [0.05, 0.1) is 38.1 Å². The highest BCUT2D eigenvalue weighted by molar-refractivity contribution is 5.96. The van der Waals surface area contributed by atoms with E-state index in [2.05, 4.69) is 10.3 Å². The smallest absolute Gasteiger partial charge is 0.255 e. The monoisotopic (exact) mass is 410 g/mol. The first-order chi connectivity index (χ1) is 14.7. The number of carbonyl (C=O) groups excluding carboxylic acids is 1. The Bertz CT molecular complexity index is 983. The molecule has 7 nitrogen and oxygen atoms in total. The number of aromatic nitrogens is 1. The molecule has 3 rings (SSSR count). The second kappa shape index (κ2) is 10.3. The van der Waals surface area contributed by atoms with Crippen molar-refractivity contribution in [1.82, 2.24) is 10.3 Å². The highest BCUT2D eigenvalue weighted by Crippen LogP contribution is 2.32. The molecular weight excluding hydrogens is 384 g/mol. The molecule has 0 aliphatic rings. The molecule has 0 saturated heterocycles. The number of carbonyl (C=O) groups is 1. The van der Waals surface area contributed by atoms with Crippen LogP contribution < -0.4 is 19.5 Å². The van der Waals surface area contributed by atoms with Gasteiger partial charge in [-0.3, -0.25) is 4.79 Å². The molecule has 0 aliphatic carbocycles. The van der Waals surface area contributed by atoms with Gasteiger partial charge in [-0.1, -0.05) is 19.1 Å². The van der Waals surface area contributed by atoms with Crippen LogP contribution in [0.4, 0.5) is 0 Å². The average molecular weight is 410 g/mol. The largest absolute Gasteiger partial charge is 0.493 e. The predicted octanol–water partition coefficient (Wildman–Crippen LogP) is 4.47. The maximum atomic E-state index is 12.5. The molecule has 0 spiro atoms. The minimum atomic E-state index is -0.233. The van der Waals surface area contributed by atoms with Crippen molar-refractivity contribution in [2.75, 3.05) is 20.3 Å². The average Bonchev–Trinajstić information content (AvgIpc) is 3.25. The number of benzene rings is 2. The molecule has 30 heavy (non-hydrogen) atoms. The van der Waals surface area contributed by atoms with Crippen molar-refractivity contribution in [3.05, 3.63) is 60.0 Å². The molecular formula is C23H26N2O5. The summed E-state index contributed by atoms with van der Waals surface area (Å²) < 4.78 is 22.2. The van der Waals surface area contributed by atoms with Crippen molar-refractivity contribution in [3.63, 3.8) is 0 Å². The van der Waals surface area contributed by atoms with E-state index in [1.54, 1.807) is 25.3 Å². The fourth-order valence-electron chi connectivity index (χ4n) is 2.86. The second-order valence-corrected chi connectivity index (χ2v) is 6.47. The van der Waals surface area contributed by atoms with Crippen LogP contribution in [0.3, 0.4) is 0 Å². The van der Waals surface area contributed by atoms with Crippen LogP contribution in [0.1, 0.15) is 36.3 Å². The molecule has 3 aromatic rings. The van der Waals surface area contributed by atoms with Crippen LogP contribution in [0.5, 0.6) is 17.2 Å². The summed E-state index contributed by atoms with van der Waals surface area (Å²) in [5.41, 5.74) is 1.86. The third-order valence-electron chi connectivity index (χ3n) is 4.29. The van der Waals surface area contributed by atoms with Gasteiger partial charge in [-0.15, -0.1) is 0 Å². The number of hydrogen-bond donors (Lipinski definition) is 1. The van der Waals surface area contributed by atoms with E-state index < -0.39 is 0 Å². The Morgan fingerprint density at radius 3 is 2.67 bits per heavy atom. The number of hydrogen-bond acceptors (Lipinski definition) is 6. The predicted molar refractivity (Wildman–Crippen MR) is 113 cm³/mol. The molecule has 2 aromatic carbocycles. The first kappa shape index (κ1) is 21.2. The lowest BCUT2D eigenvalue weighted by Crippen LogP contribution is -2.23. The maximum Gasteiger partial charge on any atom is 0.255 e. The highest BCUT2D eigenvalue weighted by Gasteiger charge is 2.14. The van der Waals surface area contributed by atoms with E-state index in [0.29, 0.717) is 47.6 Å². The number of nitrogens with one attached hydrogen (secondary N) is 1. The number of amides is 1. The fraction of sp³-hybridized carbons (Fsp3) is 0.304. The molecule has 7 heteroatoms. The Hall–Kier alpha value is -3.48. The van der Waals surface area contributed by atoms with Crippen molar-refractivity contribution in [2.24, 2.45) is 0 Å². The summed E-state index contributed by atoms with van der Waals surface area (Å²) in [7, 11) is 1.60. The molecule has 0 bridgehead atoms. The van der Waals surface area contributed by atoms with Gasteiger partial charge in [-0.05, 0) is 43.7 Å². The van der Waals surface area contributed by atoms with Crippen LogP contribution in [0, 0.1) is 0 Å². The molecule has 1 N–H and O–H groups in total. The third kappa shape index (κ3) is 5.11. The van der Waals surface area contributed by atoms with Crippen molar-refractivity contribution < 1.29 is 23.4 Å². The number of ether oxygens (including phenoxy) is 3. The van der Waals surface area contributed by atoms with Crippen LogP contribution >= 0.6 is 0 Å². The lowest BCUT2D eigenvalue weighted by molar-refractivity contribution is 0.0946. The summed E-state index contributed by atoms with van der Waals surface area (Å²) >= 11 is 0. The summed E-state index contributed by atoms with van der Waals surface area (Å²) in [5, 5.41) is 2.85. The molecule has 0 aliphatic heterocycles. The van der Waals surface area contributed by atoms with Crippen LogP contribution in [0.2, 0.25) is 0 Å². The van der Waals surface area contributed by atoms with Crippen LogP contribution in [-0.4, -0.2) is 31.2 Å². The van der Waals surface area contributed by atoms with Crippen LogP contribution in [-0.2, 0) is 6.54 Å². The molecule has 0 radical (unpaired) electrons. The van der Waals surface area contributed by atoms with Crippen LogP contribution in [0.15, 0.2) is 53.1 Å². The first-order valence-corrected chi connectivity index (χ1v) is 9.91. The van der Waals surface area contributed by atoms with Crippen molar-refractivity contribution in [2.45, 2.75) is 26.8 Å². The van der Waals surface area contributed by atoms with Crippen molar-refractivity contribution >= 4 is 5.91 Å². The molecule has 0 atom stereocenters. The van der Waals surface area contributed by atoms with E-state index in [-0.39, 0.29) is 12.5 Å². The summed E-state index contributed by atoms with van der Waals surface area (Å²) in [6.45, 7) is 5.23. The fourth-order valence-corrected chi connectivity index (χ4v) is 2.86. The number of nitrogens with zero attached hydrogens (tertiary/aromatic N) is 1. The van der Waals surface area contributed by atoms with E-state index >= 15 is 0 Å². The SMILES string of the molecule is CCCOc1cc(-c2nc(CNC(=O)c3ccccc3OCC)co2)ccc1OC. The highest BCUT2D eigenvalue weighted by atomic mass is 16.5. The van der Waals surface area contributed by atoms with Gasteiger partial charge in [0.1, 0.15) is 12.0 Å². The van der Waals surface area contributed by atoms with Gasteiger partial charge < -0.3 is 23.9 Å². The first-order valence-electron chi connectivity index (χ1n) is 9.91. The lowest BCUT2D eigenvalue weighted by Gasteiger charge is -2.10. The lowest BCUT2D eigenvalue weighted by atomic mass is 10.2. The van der Waals surface area contributed by atoms with Gasteiger partial charge in [0.2, 0.25) is 5.89 Å². The van der Waals surface area contributed by atoms with Crippen molar-refractivity contribution in [3.8, 4) is 28.7 Å². The number of rotatable bonds is 10. The van der Waals surface area contributed by atoms with Crippen molar-refractivity contribution in [1.29, 1.82) is 0 Å². The van der Waals surface area contributed by atoms with E-state index in [4.69, 9.17) is 18.6 Å². The van der Waals surface area contributed by atoms with E-state index in [9.17, 15) is 4.79 Å². The van der Waals surface area contributed by atoms with E-state index in [1.165, 1.54) is 6.26 Å². The van der Waals surface area contributed by atoms with Gasteiger partial charge >= 0.3 is 0 Å². The molecule has 1 heterocycles. The Kier molecular flexibility index (Phi) is 7.32. The quantitative estimate of drug-likeness (QED) is 0.531. The molecule has 1 aromatic heterocycles. The summed E-state index contributed by atoms with van der Waals surface area (Å²) in [4.78, 5) is 17.0. The topological polar surface area (TPSA) is 82.8 Å². The molecule has 1 amide bonds. The summed E-state index contributed by atoms with van der Waals surface area (Å²) in [6, 6.07) is 12.6. The minimum Gasteiger partial charge on any atom is -0.493 e. The van der Waals surface area contributed by atoms with Gasteiger partial charge in [0.25, 0.3) is 5.91 Å². The Labute approximate surface area is 176 Å². The summed E-state index contributed by atoms with van der Waals surface area (Å²) in [5.74, 6) is 2.05. The molecule has 0 fully saturated rings. The minimum absolute atomic E-state index is 0.233. The van der Waals surface area contributed by atoms with Gasteiger partial charge in [-0.2, -0.15) is 0 Å². The van der Waals surface area contributed by atoms with Gasteiger partial charge in [-0.25, -0.2) is 4.98 Å². The zero-order valence-electron chi connectivity index (χ0n) is 17.4. The molecule has 0 saturated carbocycles. The Morgan fingerprint density at radius 2 is 1.90 bits per heavy atom. The number of para-hydroxylation sites is 1. The third-order valence-corrected chi connectivity index (χ3v) is 4.29. The van der Waals surface area contributed by atoms with E-state index in [0.717, 1.165) is 12.0 Å². The number of methoxy groups -OCH3 is 1. The van der Waals surface area contributed by atoms with Gasteiger partial charge in [0.15, 0.2) is 11.5 Å². The standard InChI is InChI=1S/C23H26N2O5/c1-4-12-29-21-13-16(10-11-20(21)27-3)23-25-17(15-30-23)14-24-22(26)18-8-6-7-9-19(18)28-5-2/h6-11,13,15H,4-5,12,14H2,1-3H3,(H,24,26). The molecule has 158 valence electrons. The van der Waals surface area contributed by atoms with E-state index in [1.807, 2.05) is 38.1 Å². The normalized spacial score (nSPS) is 10.5. The zero-order valence-corrected chi connectivity index (χ0v) is 17.4. The Balaban J connectivity index is 1.69. The maximum absolute atomic E-state index is 12.5.